The van der Waals surface area contributed by atoms with E-state index >= 15 is 0 Å². The van der Waals surface area contributed by atoms with Gasteiger partial charge in [-0.1, -0.05) is 5.16 Å². The van der Waals surface area contributed by atoms with Crippen molar-refractivity contribution in [2.45, 2.75) is 19.4 Å². The Morgan fingerprint density at radius 1 is 1.45 bits per heavy atom. The third-order valence-corrected chi connectivity index (χ3v) is 2.54. The number of aromatic nitrogens is 2. The van der Waals surface area contributed by atoms with Crippen LogP contribution < -0.4 is 5.32 Å². The summed E-state index contributed by atoms with van der Waals surface area (Å²) >= 11 is 0. The topological polar surface area (TPSA) is 77.2 Å². The van der Waals surface area contributed by atoms with Gasteiger partial charge in [0.15, 0.2) is 5.82 Å². The molecule has 0 aliphatic rings. The molecule has 1 aromatic heterocycles. The zero-order valence-electron chi connectivity index (χ0n) is 11.1. The van der Waals surface area contributed by atoms with Crippen LogP contribution in [0.2, 0.25) is 0 Å². The lowest BCUT2D eigenvalue weighted by atomic mass is 10.2. The van der Waals surface area contributed by atoms with Gasteiger partial charge in [0.1, 0.15) is 11.9 Å². The molecule has 0 aliphatic carbocycles. The molecule has 0 saturated carbocycles. The molecule has 0 spiro atoms. The largest absolute Gasteiger partial charge is 0.446 e. The minimum Gasteiger partial charge on any atom is -0.446 e. The molecule has 7 heteroatoms. The molecular weight excluding hydrogens is 265 g/mol. The van der Waals surface area contributed by atoms with E-state index in [1.54, 1.807) is 19.1 Å². The maximum absolute atomic E-state index is 12.8. The summed E-state index contributed by atoms with van der Waals surface area (Å²) in [6, 6.07) is 5.74. The highest BCUT2D eigenvalue weighted by Crippen LogP contribution is 2.17. The van der Waals surface area contributed by atoms with E-state index in [-0.39, 0.29) is 11.9 Å². The number of hydrogen-bond donors (Lipinski definition) is 1. The molecule has 1 N–H and O–H groups in total. The first-order valence-corrected chi connectivity index (χ1v) is 6.05. The van der Waals surface area contributed by atoms with Crippen molar-refractivity contribution in [2.75, 3.05) is 7.05 Å². The quantitative estimate of drug-likeness (QED) is 0.928. The Bertz CT molecular complexity index is 583. The standard InChI is InChI=1S/C13H14FN3O3/c1-8(19-13(18)15-2)7-11-16-12(20-17-11)9-3-5-10(14)6-4-9/h3-6,8H,7H2,1-2H3,(H,15,18)/t8-/m0/s1. The van der Waals surface area contributed by atoms with Gasteiger partial charge < -0.3 is 14.6 Å². The average molecular weight is 279 g/mol. The molecule has 106 valence electrons. The summed E-state index contributed by atoms with van der Waals surface area (Å²) in [4.78, 5) is 15.2. The lowest BCUT2D eigenvalue weighted by Gasteiger charge is -2.09. The molecule has 1 atom stereocenters. The first-order valence-electron chi connectivity index (χ1n) is 6.05. The van der Waals surface area contributed by atoms with Crippen molar-refractivity contribution >= 4 is 6.09 Å². The third kappa shape index (κ3) is 3.53. The number of nitrogens with one attached hydrogen (secondary N) is 1. The van der Waals surface area contributed by atoms with Crippen LogP contribution in [-0.4, -0.2) is 29.4 Å². The van der Waals surface area contributed by atoms with E-state index in [1.807, 2.05) is 0 Å². The SMILES string of the molecule is CNC(=O)O[C@@H](C)Cc1noc(-c2ccc(F)cc2)n1. The van der Waals surface area contributed by atoms with E-state index in [9.17, 15) is 9.18 Å². The number of nitrogens with zero attached hydrogens (tertiary/aromatic N) is 2. The van der Waals surface area contributed by atoms with Crippen LogP contribution in [0.3, 0.4) is 0 Å². The minimum absolute atomic E-state index is 0.298. The molecule has 20 heavy (non-hydrogen) atoms. The van der Waals surface area contributed by atoms with Gasteiger partial charge in [-0.2, -0.15) is 4.98 Å². The van der Waals surface area contributed by atoms with E-state index in [0.29, 0.717) is 23.7 Å². The van der Waals surface area contributed by atoms with Gasteiger partial charge in [0.05, 0.1) is 0 Å². The average Bonchev–Trinajstić information content (AvgIpc) is 2.87. The Labute approximate surface area is 114 Å². The van der Waals surface area contributed by atoms with Gasteiger partial charge in [0.2, 0.25) is 0 Å². The Balaban J connectivity index is 2.02. The minimum atomic E-state index is -0.514. The summed E-state index contributed by atoms with van der Waals surface area (Å²) in [6.07, 6.45) is -0.564. The molecular formula is C13H14FN3O3. The number of carbonyl (C=O) groups excluding carboxylic acids is 1. The zero-order chi connectivity index (χ0) is 14.5. The number of amides is 1. The molecule has 0 saturated heterocycles. The van der Waals surface area contributed by atoms with Crippen molar-refractivity contribution < 1.29 is 18.4 Å². The number of hydrogen-bond acceptors (Lipinski definition) is 5. The maximum atomic E-state index is 12.8. The van der Waals surface area contributed by atoms with Crippen LogP contribution in [0, 0.1) is 5.82 Å². The number of rotatable bonds is 4. The Morgan fingerprint density at radius 3 is 2.80 bits per heavy atom. The molecule has 2 rings (SSSR count). The van der Waals surface area contributed by atoms with Gasteiger partial charge >= 0.3 is 6.09 Å². The molecule has 1 aromatic carbocycles. The van der Waals surface area contributed by atoms with Crippen molar-refractivity contribution in [3.63, 3.8) is 0 Å². The fourth-order valence-electron chi connectivity index (χ4n) is 1.59. The number of carbonyl (C=O) groups is 1. The molecule has 0 bridgehead atoms. The normalized spacial score (nSPS) is 11.9. The van der Waals surface area contributed by atoms with Crippen LogP contribution in [0.25, 0.3) is 11.5 Å². The fraction of sp³-hybridized carbons (Fsp3) is 0.308. The van der Waals surface area contributed by atoms with Crippen molar-refractivity contribution in [1.82, 2.24) is 15.5 Å². The third-order valence-electron chi connectivity index (χ3n) is 2.54. The van der Waals surface area contributed by atoms with Crippen molar-refractivity contribution in [3.05, 3.63) is 35.9 Å². The second kappa shape index (κ2) is 6.14. The van der Waals surface area contributed by atoms with Gasteiger partial charge in [-0.3, -0.25) is 0 Å². The molecule has 2 aromatic rings. The summed E-state index contributed by atoms with van der Waals surface area (Å²) in [7, 11) is 1.48. The highest BCUT2D eigenvalue weighted by atomic mass is 19.1. The van der Waals surface area contributed by atoms with Crippen LogP contribution in [0.5, 0.6) is 0 Å². The van der Waals surface area contributed by atoms with Crippen LogP contribution in [0.4, 0.5) is 9.18 Å². The van der Waals surface area contributed by atoms with Gasteiger partial charge in [-0.15, -0.1) is 0 Å². The summed E-state index contributed by atoms with van der Waals surface area (Å²) in [5, 5.41) is 6.15. The Kier molecular flexibility index (Phi) is 4.29. The lowest BCUT2D eigenvalue weighted by Crippen LogP contribution is -2.25. The summed E-state index contributed by atoms with van der Waals surface area (Å²) in [5.74, 6) is 0.383. The van der Waals surface area contributed by atoms with Crippen LogP contribution in [0.15, 0.2) is 28.8 Å². The molecule has 0 aliphatic heterocycles. The summed E-state index contributed by atoms with van der Waals surface area (Å²) in [5.41, 5.74) is 0.630. The predicted octanol–water partition coefficient (Wildman–Crippen LogP) is 2.16. The second-order valence-electron chi connectivity index (χ2n) is 4.19. The Morgan fingerprint density at radius 2 is 2.15 bits per heavy atom. The van der Waals surface area contributed by atoms with E-state index in [2.05, 4.69) is 15.5 Å². The van der Waals surface area contributed by atoms with E-state index in [0.717, 1.165) is 0 Å². The van der Waals surface area contributed by atoms with Gasteiger partial charge in [0, 0.05) is 19.0 Å². The second-order valence-corrected chi connectivity index (χ2v) is 4.19. The van der Waals surface area contributed by atoms with Gasteiger partial charge in [-0.25, -0.2) is 9.18 Å². The summed E-state index contributed by atoms with van der Waals surface area (Å²) in [6.45, 7) is 1.73. The van der Waals surface area contributed by atoms with Crippen molar-refractivity contribution in [1.29, 1.82) is 0 Å². The van der Waals surface area contributed by atoms with Crippen molar-refractivity contribution in [3.8, 4) is 11.5 Å². The van der Waals surface area contributed by atoms with E-state index < -0.39 is 6.09 Å². The maximum Gasteiger partial charge on any atom is 0.407 e. The molecule has 1 heterocycles. The van der Waals surface area contributed by atoms with E-state index in [4.69, 9.17) is 9.26 Å². The smallest absolute Gasteiger partial charge is 0.407 e. The monoisotopic (exact) mass is 279 g/mol. The lowest BCUT2D eigenvalue weighted by molar-refractivity contribution is 0.107. The predicted molar refractivity (Wildman–Crippen MR) is 68.4 cm³/mol. The first kappa shape index (κ1) is 14.0. The molecule has 6 nitrogen and oxygen atoms in total. The zero-order valence-corrected chi connectivity index (χ0v) is 11.1. The molecule has 1 amide bonds. The number of ether oxygens (including phenoxy) is 1. The van der Waals surface area contributed by atoms with Crippen LogP contribution in [-0.2, 0) is 11.2 Å². The number of alkyl carbamates (subject to hydrolysis) is 1. The van der Waals surface area contributed by atoms with Crippen LogP contribution in [0.1, 0.15) is 12.7 Å². The van der Waals surface area contributed by atoms with E-state index in [1.165, 1.54) is 19.2 Å². The summed E-state index contributed by atoms with van der Waals surface area (Å²) < 4.78 is 22.9. The Hall–Kier alpha value is -2.44. The highest BCUT2D eigenvalue weighted by molar-refractivity contribution is 5.66. The highest BCUT2D eigenvalue weighted by Gasteiger charge is 2.14. The molecule has 0 radical (unpaired) electrons. The number of benzene rings is 1. The van der Waals surface area contributed by atoms with Gasteiger partial charge in [0.25, 0.3) is 5.89 Å². The molecule has 0 unspecified atom stereocenters. The van der Waals surface area contributed by atoms with Crippen LogP contribution >= 0.6 is 0 Å². The first-order chi connectivity index (χ1) is 9.58. The van der Waals surface area contributed by atoms with Gasteiger partial charge in [-0.05, 0) is 31.2 Å². The fourth-order valence-corrected chi connectivity index (χ4v) is 1.59. The molecule has 0 fully saturated rings. The van der Waals surface area contributed by atoms with Crippen molar-refractivity contribution in [2.24, 2.45) is 0 Å². The number of halogens is 1.